The third-order valence-electron chi connectivity index (χ3n) is 2.61. The molecule has 1 saturated carbocycles. The molecule has 0 aliphatic heterocycles. The minimum absolute atomic E-state index is 0.635. The Morgan fingerprint density at radius 3 is 2.71 bits per heavy atom. The Morgan fingerprint density at radius 1 is 1.43 bits per heavy atom. The maximum atomic E-state index is 5.97. The molecule has 0 saturated heterocycles. The van der Waals surface area contributed by atoms with Crippen LogP contribution >= 0.6 is 22.9 Å². The van der Waals surface area contributed by atoms with Gasteiger partial charge < -0.3 is 0 Å². The van der Waals surface area contributed by atoms with Gasteiger partial charge in [0.2, 0.25) is 0 Å². The van der Waals surface area contributed by atoms with E-state index in [2.05, 4.69) is 11.8 Å². The SMILES string of the molecule is Cc1sc(C#CC2CCCC2)cc1Cl. The molecule has 0 aromatic carbocycles. The van der Waals surface area contributed by atoms with Crippen LogP contribution in [0.3, 0.4) is 0 Å². The molecule has 0 nitrogen and oxygen atoms in total. The summed E-state index contributed by atoms with van der Waals surface area (Å²) in [6.07, 6.45) is 5.27. The Hall–Kier alpha value is -0.450. The van der Waals surface area contributed by atoms with Crippen LogP contribution in [0.1, 0.15) is 35.4 Å². The van der Waals surface area contributed by atoms with Crippen molar-refractivity contribution < 1.29 is 0 Å². The number of rotatable bonds is 0. The molecular formula is C12H13ClS. The van der Waals surface area contributed by atoms with Gasteiger partial charge in [-0.2, -0.15) is 0 Å². The zero-order chi connectivity index (χ0) is 9.97. The molecule has 74 valence electrons. The number of hydrogen-bond acceptors (Lipinski definition) is 1. The average molecular weight is 225 g/mol. The van der Waals surface area contributed by atoms with Gasteiger partial charge in [0.05, 0.1) is 9.90 Å². The standard InChI is InChI=1S/C12H13ClS/c1-9-12(13)8-11(14-9)7-6-10-4-2-3-5-10/h8,10H,2-5H2,1H3. The Balaban J connectivity index is 2.08. The van der Waals surface area contributed by atoms with Crippen molar-refractivity contribution in [2.45, 2.75) is 32.6 Å². The lowest BCUT2D eigenvalue weighted by molar-refractivity contribution is 0.712. The Kier molecular flexibility index (Phi) is 3.15. The maximum absolute atomic E-state index is 5.97. The summed E-state index contributed by atoms with van der Waals surface area (Å²) >= 11 is 7.66. The second-order valence-corrected chi connectivity index (χ2v) is 5.43. The zero-order valence-electron chi connectivity index (χ0n) is 8.27. The van der Waals surface area contributed by atoms with E-state index in [0.29, 0.717) is 5.92 Å². The molecular weight excluding hydrogens is 212 g/mol. The molecule has 14 heavy (non-hydrogen) atoms. The van der Waals surface area contributed by atoms with Gasteiger partial charge in [0, 0.05) is 10.8 Å². The largest absolute Gasteiger partial charge is 0.130 e. The molecule has 0 spiro atoms. The van der Waals surface area contributed by atoms with Crippen molar-refractivity contribution in [2.75, 3.05) is 0 Å². The number of thiophene rings is 1. The molecule has 2 rings (SSSR count). The summed E-state index contributed by atoms with van der Waals surface area (Å²) in [5.41, 5.74) is 0. The van der Waals surface area contributed by atoms with Crippen LogP contribution in [0.2, 0.25) is 5.02 Å². The van der Waals surface area contributed by atoms with E-state index < -0.39 is 0 Å². The first kappa shape index (κ1) is 10.1. The van der Waals surface area contributed by atoms with E-state index in [4.69, 9.17) is 11.6 Å². The van der Waals surface area contributed by atoms with Crippen molar-refractivity contribution in [1.29, 1.82) is 0 Å². The summed E-state index contributed by atoms with van der Waals surface area (Å²) in [7, 11) is 0. The second kappa shape index (κ2) is 4.38. The van der Waals surface area contributed by atoms with Crippen molar-refractivity contribution in [3.8, 4) is 11.8 Å². The predicted octanol–water partition coefficient (Wildman–Crippen LogP) is 4.25. The Bertz CT molecular complexity index is 355. The Morgan fingerprint density at radius 2 is 2.14 bits per heavy atom. The number of halogens is 1. The van der Waals surface area contributed by atoms with Crippen molar-refractivity contribution >= 4 is 22.9 Å². The maximum Gasteiger partial charge on any atom is 0.0786 e. The predicted molar refractivity (Wildman–Crippen MR) is 62.9 cm³/mol. The van der Waals surface area contributed by atoms with Gasteiger partial charge in [-0.15, -0.1) is 11.3 Å². The zero-order valence-corrected chi connectivity index (χ0v) is 9.84. The van der Waals surface area contributed by atoms with Gasteiger partial charge in [-0.3, -0.25) is 0 Å². The summed E-state index contributed by atoms with van der Waals surface area (Å²) in [4.78, 5) is 2.28. The van der Waals surface area contributed by atoms with Crippen molar-refractivity contribution in [2.24, 2.45) is 5.92 Å². The highest BCUT2D eigenvalue weighted by Gasteiger charge is 2.11. The molecule has 2 heteroatoms. The fourth-order valence-electron chi connectivity index (χ4n) is 1.76. The highest BCUT2D eigenvalue weighted by atomic mass is 35.5. The van der Waals surface area contributed by atoms with E-state index in [-0.39, 0.29) is 0 Å². The molecule has 0 unspecified atom stereocenters. The van der Waals surface area contributed by atoms with Gasteiger partial charge in [-0.1, -0.05) is 36.3 Å². The van der Waals surface area contributed by atoms with Gasteiger partial charge >= 0.3 is 0 Å². The second-order valence-electron chi connectivity index (χ2n) is 3.77. The molecule has 0 atom stereocenters. The molecule has 1 aliphatic carbocycles. The fraction of sp³-hybridized carbons (Fsp3) is 0.500. The van der Waals surface area contributed by atoms with Crippen LogP contribution in [-0.4, -0.2) is 0 Å². The first-order valence-electron chi connectivity index (χ1n) is 5.03. The normalized spacial score (nSPS) is 16.7. The van der Waals surface area contributed by atoms with Gasteiger partial charge in [-0.05, 0) is 25.8 Å². The summed E-state index contributed by atoms with van der Waals surface area (Å²) in [5.74, 6) is 7.21. The lowest BCUT2D eigenvalue weighted by atomic mass is 10.1. The van der Waals surface area contributed by atoms with Crippen LogP contribution in [-0.2, 0) is 0 Å². The van der Waals surface area contributed by atoms with Crippen molar-refractivity contribution in [1.82, 2.24) is 0 Å². The highest BCUT2D eigenvalue weighted by Crippen LogP contribution is 2.26. The van der Waals surface area contributed by atoms with Crippen molar-refractivity contribution in [3.63, 3.8) is 0 Å². The van der Waals surface area contributed by atoms with Crippen LogP contribution in [0.15, 0.2) is 6.07 Å². The number of aryl methyl sites for hydroxylation is 1. The number of hydrogen-bond donors (Lipinski definition) is 0. The van der Waals surface area contributed by atoms with Gasteiger partial charge in [0.1, 0.15) is 0 Å². The summed E-state index contributed by atoms with van der Waals surface area (Å²) in [6.45, 7) is 2.04. The van der Waals surface area contributed by atoms with Crippen LogP contribution in [0.25, 0.3) is 0 Å². The van der Waals surface area contributed by atoms with Crippen LogP contribution in [0, 0.1) is 24.7 Å². The summed E-state index contributed by atoms with van der Waals surface area (Å²) < 4.78 is 0. The minimum atomic E-state index is 0.635. The third kappa shape index (κ3) is 2.32. The molecule has 1 aromatic heterocycles. The van der Waals surface area contributed by atoms with E-state index in [0.717, 1.165) is 9.90 Å². The molecule has 0 N–H and O–H groups in total. The van der Waals surface area contributed by atoms with Crippen molar-refractivity contribution in [3.05, 3.63) is 20.8 Å². The van der Waals surface area contributed by atoms with Crippen LogP contribution < -0.4 is 0 Å². The minimum Gasteiger partial charge on any atom is -0.130 e. The van der Waals surface area contributed by atoms with Gasteiger partial charge in [0.15, 0.2) is 0 Å². The van der Waals surface area contributed by atoms with Gasteiger partial charge in [-0.25, -0.2) is 0 Å². The van der Waals surface area contributed by atoms with Gasteiger partial charge in [0.25, 0.3) is 0 Å². The quantitative estimate of drug-likeness (QED) is 0.578. The molecule has 0 radical (unpaired) electrons. The Labute approximate surface area is 94.3 Å². The van der Waals surface area contributed by atoms with E-state index in [1.165, 1.54) is 30.6 Å². The topological polar surface area (TPSA) is 0 Å². The summed E-state index contributed by atoms with van der Waals surface area (Å²) in [6, 6.07) is 1.98. The van der Waals surface area contributed by atoms with E-state index in [9.17, 15) is 0 Å². The first-order valence-corrected chi connectivity index (χ1v) is 6.22. The summed E-state index contributed by atoms with van der Waals surface area (Å²) in [5, 5.41) is 0.853. The molecule has 1 fully saturated rings. The smallest absolute Gasteiger partial charge is 0.0786 e. The molecule has 1 aliphatic rings. The van der Waals surface area contributed by atoms with E-state index >= 15 is 0 Å². The molecule has 1 aromatic rings. The lowest BCUT2D eigenvalue weighted by Crippen LogP contribution is -1.85. The fourth-order valence-corrected chi connectivity index (χ4v) is 2.83. The average Bonchev–Trinajstić information content (AvgIpc) is 2.74. The monoisotopic (exact) mass is 224 g/mol. The lowest BCUT2D eigenvalue weighted by Gasteiger charge is -1.93. The third-order valence-corrected chi connectivity index (χ3v) is 4.08. The van der Waals surface area contributed by atoms with Crippen LogP contribution in [0.4, 0.5) is 0 Å². The molecule has 0 amide bonds. The van der Waals surface area contributed by atoms with E-state index in [1.807, 2.05) is 13.0 Å². The molecule has 0 bridgehead atoms. The van der Waals surface area contributed by atoms with Crippen LogP contribution in [0.5, 0.6) is 0 Å². The highest BCUT2D eigenvalue weighted by molar-refractivity contribution is 7.13. The van der Waals surface area contributed by atoms with E-state index in [1.54, 1.807) is 11.3 Å². The first-order chi connectivity index (χ1) is 6.75. The molecule has 1 heterocycles.